The van der Waals surface area contributed by atoms with E-state index < -0.39 is 129 Å². The van der Waals surface area contributed by atoms with Crippen molar-refractivity contribution in [3.05, 3.63) is 170 Å². The van der Waals surface area contributed by atoms with Gasteiger partial charge in [0.15, 0.2) is 11.5 Å². The molecule has 15 rings (SSSR count). The van der Waals surface area contributed by atoms with E-state index in [0.717, 1.165) is 0 Å². The number of hydrogen-bond donors (Lipinski definition) is 0. The van der Waals surface area contributed by atoms with Crippen LogP contribution >= 0.6 is 0 Å². The van der Waals surface area contributed by atoms with Crippen LogP contribution < -0.4 is 47.5 Å². The second-order valence-electron chi connectivity index (χ2n) is 32.2. The van der Waals surface area contributed by atoms with Gasteiger partial charge in [-0.25, -0.2) is 0 Å². The van der Waals surface area contributed by atoms with Gasteiger partial charge in [0.25, 0.3) is 6.71 Å². The molecule has 0 radical (unpaired) electrons. The summed E-state index contributed by atoms with van der Waals surface area (Å²) in [5.74, 6) is -2.21. The molecular formula is C79H87B2NO4. The Kier molecular flexibility index (Phi) is 7.95. The first-order chi connectivity index (χ1) is 47.7. The van der Waals surface area contributed by atoms with E-state index in [9.17, 15) is 24.7 Å². The van der Waals surface area contributed by atoms with Gasteiger partial charge in [-0.1, -0.05) is 192 Å². The monoisotopic (exact) mass is 1150 g/mol. The van der Waals surface area contributed by atoms with Gasteiger partial charge in [-0.2, -0.15) is 0 Å². The van der Waals surface area contributed by atoms with Crippen molar-refractivity contribution in [2.24, 2.45) is 0 Å². The van der Waals surface area contributed by atoms with Crippen LogP contribution in [0.15, 0.2) is 118 Å². The summed E-state index contributed by atoms with van der Waals surface area (Å²) in [7, 11) is 0. The Morgan fingerprint density at radius 3 is 1.31 bits per heavy atom. The van der Waals surface area contributed by atoms with E-state index in [1.165, 1.54) is 4.90 Å². The molecule has 438 valence electrons. The van der Waals surface area contributed by atoms with Gasteiger partial charge in [0.1, 0.15) is 34.0 Å². The van der Waals surface area contributed by atoms with Crippen LogP contribution in [0.3, 0.4) is 0 Å². The van der Waals surface area contributed by atoms with E-state index in [2.05, 4.69) is 0 Å². The fraction of sp³-hybridized carbons (Fsp3) is 0.418. The molecule has 86 heavy (non-hydrogen) atoms. The molecular weight excluding hydrogens is 1050 g/mol. The number of ether oxygens (including phenoxy) is 2. The molecule has 0 spiro atoms. The van der Waals surface area contributed by atoms with Crippen molar-refractivity contribution in [2.75, 3.05) is 4.90 Å². The van der Waals surface area contributed by atoms with Crippen molar-refractivity contribution in [2.45, 2.75) is 213 Å². The highest BCUT2D eigenvalue weighted by molar-refractivity contribution is 7.01. The molecule has 7 aromatic carbocycles. The zero-order valence-corrected chi connectivity index (χ0v) is 53.6. The number of furan rings is 2. The Bertz CT molecular complexity index is 5130. The molecule has 0 saturated heterocycles. The molecule has 0 bridgehead atoms. The third kappa shape index (κ3) is 8.09. The highest BCUT2D eigenvalue weighted by atomic mass is 16.5. The number of benzene rings is 7. The van der Waals surface area contributed by atoms with Crippen LogP contribution in [0.1, 0.15) is 256 Å². The summed E-state index contributed by atoms with van der Waals surface area (Å²) in [4.78, 5) is 1.29. The molecule has 7 heteroatoms. The van der Waals surface area contributed by atoms with Crippen molar-refractivity contribution < 1.29 is 43.0 Å². The highest BCUT2D eigenvalue weighted by Crippen LogP contribution is 2.54. The lowest BCUT2D eigenvalue weighted by atomic mass is 9.31. The van der Waals surface area contributed by atoms with Gasteiger partial charge < -0.3 is 23.2 Å². The fourth-order valence-corrected chi connectivity index (χ4v) is 14.1. The van der Waals surface area contributed by atoms with Gasteiger partial charge in [-0.3, -0.25) is 0 Å². The molecule has 2 aliphatic carbocycles. The zero-order valence-electron chi connectivity index (χ0n) is 71.6. The molecule has 2 aromatic heterocycles. The van der Waals surface area contributed by atoms with Crippen molar-refractivity contribution >= 4 is 85.6 Å². The van der Waals surface area contributed by atoms with Gasteiger partial charge in [-0.15, -0.1) is 0 Å². The third-order valence-electron chi connectivity index (χ3n) is 19.7. The predicted molar refractivity (Wildman–Crippen MR) is 362 cm³/mol. The average Bonchev–Trinajstić information content (AvgIpc) is 1.07. The molecule has 6 aliphatic rings. The molecule has 4 aliphatic heterocycles. The average molecular weight is 1150 g/mol. The van der Waals surface area contributed by atoms with E-state index in [0.29, 0.717) is 47.9 Å². The summed E-state index contributed by atoms with van der Waals surface area (Å²) >= 11 is 0. The molecule has 1 atom stereocenters. The lowest BCUT2D eigenvalue weighted by molar-refractivity contribution is 0.332. The summed E-state index contributed by atoms with van der Waals surface area (Å²) in [6.07, 6.45) is 2.68. The largest absolute Gasteiger partial charge is 0.466 e. The van der Waals surface area contributed by atoms with Gasteiger partial charge in [0.2, 0.25) is 0 Å². The Hall–Kier alpha value is -6.85. The van der Waals surface area contributed by atoms with Crippen molar-refractivity contribution in [3.63, 3.8) is 0 Å². The minimum absolute atomic E-state index is 0.00688. The van der Waals surface area contributed by atoms with Crippen LogP contribution in [0.25, 0.3) is 21.9 Å². The van der Waals surface area contributed by atoms with Crippen LogP contribution in [-0.4, -0.2) is 13.4 Å². The minimum Gasteiger partial charge on any atom is -0.466 e. The summed E-state index contributed by atoms with van der Waals surface area (Å²) in [5, 5.41) is 0.217. The van der Waals surface area contributed by atoms with Gasteiger partial charge in [0, 0.05) is 28.4 Å². The maximum Gasteiger partial charge on any atom is 0.301 e. The molecule has 1 unspecified atom stereocenters. The SMILES string of the molecule is [2H]c1c2c(c([2H])c3c1B1c4oc5c([2H])c6c(c([2H])c5c4Oc4c([2H])c(C(C)(C)C)c([2H])c(c41)N3c1c([2H])c([2H])c(C(C)(C)C)c([2H])c1[2H])C(C)(C)CCC6(C)C)C(c1c([2H])c([2H])c(C(C)(C)C)c([2H])c1[2H])c1c([2H])c(C(C)(C)C)c([2H])c3c1B2c1oc2c([2H])c4c(c([2H])c2c1O3)C(C)(C)CCC4(C)C. The molecule has 0 fully saturated rings. The normalized spacial score (nSPS) is 22.0. The molecule has 6 heterocycles. The second-order valence-corrected chi connectivity index (χ2v) is 32.2. The van der Waals surface area contributed by atoms with Crippen molar-refractivity contribution in [1.29, 1.82) is 0 Å². The van der Waals surface area contributed by atoms with Crippen LogP contribution in [0.4, 0.5) is 17.1 Å². The van der Waals surface area contributed by atoms with Crippen LogP contribution in [0.5, 0.6) is 23.0 Å². The summed E-state index contributed by atoms with van der Waals surface area (Å²) in [6, 6.07) is -6.17. The molecule has 5 nitrogen and oxygen atoms in total. The number of hydrogen-bond acceptors (Lipinski definition) is 5. The lowest BCUT2D eigenvalue weighted by Gasteiger charge is -2.43. The van der Waals surface area contributed by atoms with E-state index in [1.54, 1.807) is 62.3 Å². The highest BCUT2D eigenvalue weighted by Gasteiger charge is 2.52. The fourth-order valence-electron chi connectivity index (χ4n) is 14.1. The Morgan fingerprint density at radius 2 is 0.849 bits per heavy atom. The molecule has 0 N–H and O–H groups in total. The van der Waals surface area contributed by atoms with E-state index in [1.807, 2.05) is 76.2 Å². The lowest BCUT2D eigenvalue weighted by Crippen LogP contribution is -2.64. The Labute approximate surface area is 538 Å². The van der Waals surface area contributed by atoms with E-state index >= 15 is 0 Å². The van der Waals surface area contributed by atoms with Crippen LogP contribution in [0, 0.1) is 0 Å². The number of rotatable bonds is 2. The quantitative estimate of drug-likeness (QED) is 0.161. The number of nitrogens with zero attached hydrogens (tertiary/aromatic N) is 1. The predicted octanol–water partition coefficient (Wildman–Crippen LogP) is 17.6. The standard InChI is InChI=1S/C79H87B2NO4/c1-72(2,3)44-23-21-43(22-24-44)65-49-39-59-58(42-57(49)80-66-52(65)33-46(74(7,8)9)35-63(66)83-68-50-37-53-55(40-61(50)85-70(68)80)78(17,18)31-29-76(53,13)14)81-67-60(82(59)48-27-25-45(26-28-48)73(4,5)6)34-47(75(10,11)12)36-64(67)84-69-51-38-54-56(41-62(51)86-71(69)81)79(19,20)32-30-77(54,15)16/h21-28,33-42,65H,29-32H2,1-20H3/i21D,22D,23D,24D,25D,26D,27D,28D,33D,34D,35D,36D,37D,38D,39D,40D,41D,42D. The summed E-state index contributed by atoms with van der Waals surface area (Å²) in [5.41, 5.74) is -5.80. The Morgan fingerprint density at radius 1 is 0.430 bits per heavy atom. The summed E-state index contributed by atoms with van der Waals surface area (Å²) in [6.45, 7) is 34.6. The van der Waals surface area contributed by atoms with Crippen LogP contribution in [-0.2, 0) is 43.3 Å². The Balaban J connectivity index is 1.22. The maximum atomic E-state index is 11.8. The first kappa shape index (κ1) is 39.1. The number of fused-ring (bicyclic) bond motifs is 14. The van der Waals surface area contributed by atoms with Gasteiger partial charge in [-0.05, 0) is 202 Å². The maximum absolute atomic E-state index is 11.8. The summed E-state index contributed by atoms with van der Waals surface area (Å²) < 4.78 is 218. The van der Waals surface area contributed by atoms with Gasteiger partial charge in [0.05, 0.1) is 35.4 Å². The van der Waals surface area contributed by atoms with Crippen molar-refractivity contribution in [3.8, 4) is 23.0 Å². The topological polar surface area (TPSA) is 48.0 Å². The smallest absolute Gasteiger partial charge is 0.301 e. The second kappa shape index (κ2) is 17.5. The van der Waals surface area contributed by atoms with Crippen molar-refractivity contribution in [1.82, 2.24) is 0 Å². The molecule has 9 aromatic rings. The van der Waals surface area contributed by atoms with E-state index in [-0.39, 0.29) is 177 Å². The first-order valence-electron chi connectivity index (χ1n) is 39.8. The number of anilines is 3. The molecule has 0 saturated carbocycles. The first-order valence-corrected chi connectivity index (χ1v) is 30.8. The van der Waals surface area contributed by atoms with Crippen LogP contribution in [0.2, 0.25) is 0 Å². The van der Waals surface area contributed by atoms with Gasteiger partial charge >= 0.3 is 6.71 Å². The third-order valence-corrected chi connectivity index (χ3v) is 19.7. The zero-order chi connectivity index (χ0) is 76.5. The van der Waals surface area contributed by atoms with E-state index in [4.69, 9.17) is 18.3 Å². The molecule has 0 amide bonds. The minimum atomic E-state index is -1.77.